The molecular formula is C15H18GeNSi. The molecule has 2 aromatic rings. The van der Waals surface area contributed by atoms with Crippen molar-refractivity contribution in [3.63, 3.8) is 0 Å². The number of hydrogen-bond donors (Lipinski definition) is 0. The van der Waals surface area contributed by atoms with Gasteiger partial charge < -0.3 is 0 Å². The molecule has 1 aromatic carbocycles. The van der Waals surface area contributed by atoms with Crippen molar-refractivity contribution in [2.45, 2.75) is 26.5 Å². The first-order chi connectivity index (χ1) is 9.59. The van der Waals surface area contributed by atoms with Gasteiger partial charge in [-0.2, -0.15) is 0 Å². The Balaban J connectivity index is 2.37. The maximum atomic E-state index is 7.40. The summed E-state index contributed by atoms with van der Waals surface area (Å²) in [5.41, 5.74) is 2.21. The molecule has 0 N–H and O–H groups in total. The van der Waals surface area contributed by atoms with E-state index in [2.05, 4.69) is 47.2 Å². The van der Waals surface area contributed by atoms with Crippen LogP contribution in [0.5, 0.6) is 0 Å². The predicted octanol–water partition coefficient (Wildman–Crippen LogP) is 2.40. The average molecular weight is 316 g/mol. The van der Waals surface area contributed by atoms with Crippen molar-refractivity contribution in [1.29, 1.82) is 0 Å². The van der Waals surface area contributed by atoms with Crippen LogP contribution in [0.4, 0.5) is 0 Å². The molecule has 91 valence electrons. The first-order valence-corrected chi connectivity index (χ1v) is 10.5. The van der Waals surface area contributed by atoms with Crippen molar-refractivity contribution in [1.82, 2.24) is 4.98 Å². The number of nitrogens with zero attached hydrogens (tertiary/aromatic N) is 1. The third kappa shape index (κ3) is 2.93. The van der Waals surface area contributed by atoms with Crippen LogP contribution in [-0.4, -0.2) is 29.6 Å². The summed E-state index contributed by atoms with van der Waals surface area (Å²) in [4.78, 5) is 4.56. The van der Waals surface area contributed by atoms with Gasteiger partial charge in [0.15, 0.2) is 0 Å². The van der Waals surface area contributed by atoms with Crippen molar-refractivity contribution in [2.24, 2.45) is 0 Å². The number of aromatic nitrogens is 1. The van der Waals surface area contributed by atoms with Crippen molar-refractivity contribution in [3.05, 3.63) is 42.1 Å². The third-order valence-corrected chi connectivity index (χ3v) is 6.30. The zero-order valence-electron chi connectivity index (χ0n) is 13.9. The standard InChI is InChI=1S/C15H18GeNSi/c1-11-5-7-12(8-6-11)14-9-13(16)15(10-17-14)18(2,3)4/h5-10H,1-4H3/i1D3. The normalized spacial score (nSPS) is 14.8. The van der Waals surface area contributed by atoms with Crippen LogP contribution in [0, 0.1) is 6.85 Å². The zero-order valence-corrected chi connectivity index (χ0v) is 14.0. The molecule has 3 heteroatoms. The maximum absolute atomic E-state index is 7.40. The Morgan fingerprint density at radius 3 is 2.33 bits per heavy atom. The molecule has 1 nitrogen and oxygen atoms in total. The van der Waals surface area contributed by atoms with Crippen LogP contribution in [0.1, 0.15) is 9.68 Å². The summed E-state index contributed by atoms with van der Waals surface area (Å²) in [5.74, 6) is 0. The predicted molar refractivity (Wildman–Crippen MR) is 82.8 cm³/mol. The van der Waals surface area contributed by atoms with Crippen LogP contribution in [0.2, 0.25) is 19.6 Å². The number of hydrogen-bond acceptors (Lipinski definition) is 1. The van der Waals surface area contributed by atoms with Gasteiger partial charge >= 0.3 is 123 Å². The van der Waals surface area contributed by atoms with E-state index < -0.39 is 14.9 Å². The van der Waals surface area contributed by atoms with Gasteiger partial charge in [-0.15, -0.1) is 0 Å². The van der Waals surface area contributed by atoms with Gasteiger partial charge in [-0.1, -0.05) is 0 Å². The first kappa shape index (κ1) is 9.98. The minimum absolute atomic E-state index is 0.363. The van der Waals surface area contributed by atoms with E-state index in [1.807, 2.05) is 18.3 Å². The van der Waals surface area contributed by atoms with E-state index in [9.17, 15) is 0 Å². The SMILES string of the molecule is [2H]C([2H])([2H])c1ccc(-c2c[c]([Ge])c([Si](C)(C)C)cn2)cc1. The Kier molecular flexibility index (Phi) is 2.78. The van der Waals surface area contributed by atoms with E-state index in [0.29, 0.717) is 5.56 Å². The molecule has 1 heterocycles. The number of rotatable bonds is 2. The van der Waals surface area contributed by atoms with E-state index in [-0.39, 0.29) is 0 Å². The summed E-state index contributed by atoms with van der Waals surface area (Å²) < 4.78 is 23.5. The molecule has 0 aliphatic carbocycles. The molecule has 0 saturated carbocycles. The molecule has 18 heavy (non-hydrogen) atoms. The van der Waals surface area contributed by atoms with Crippen LogP contribution in [0.3, 0.4) is 0 Å². The molecule has 0 unspecified atom stereocenters. The summed E-state index contributed by atoms with van der Waals surface area (Å²) in [6.45, 7) is 4.87. The van der Waals surface area contributed by atoms with Crippen molar-refractivity contribution in [3.8, 4) is 11.3 Å². The summed E-state index contributed by atoms with van der Waals surface area (Å²) >= 11 is 2.12. The monoisotopic (exact) mass is 317 g/mol. The van der Waals surface area contributed by atoms with E-state index in [1.165, 1.54) is 9.58 Å². The fraction of sp³-hybridized carbons (Fsp3) is 0.267. The topological polar surface area (TPSA) is 12.9 Å². The van der Waals surface area contributed by atoms with E-state index in [0.717, 1.165) is 11.3 Å². The second kappa shape index (κ2) is 5.02. The van der Waals surface area contributed by atoms with Crippen molar-refractivity contribution < 1.29 is 4.11 Å². The molecule has 0 aliphatic heterocycles. The van der Waals surface area contributed by atoms with E-state index >= 15 is 0 Å². The van der Waals surface area contributed by atoms with Crippen LogP contribution in [0.15, 0.2) is 36.5 Å². The van der Waals surface area contributed by atoms with E-state index in [4.69, 9.17) is 4.11 Å². The fourth-order valence-electron chi connectivity index (χ4n) is 1.85. The Hall–Kier alpha value is -0.870. The summed E-state index contributed by atoms with van der Waals surface area (Å²) in [7, 11) is -1.37. The van der Waals surface area contributed by atoms with Gasteiger partial charge in [0.1, 0.15) is 0 Å². The molecule has 2 rings (SSSR count). The molecule has 0 fully saturated rings. The number of benzene rings is 1. The molecule has 0 saturated heterocycles. The molecule has 0 aliphatic rings. The third-order valence-electron chi connectivity index (χ3n) is 2.89. The Bertz CT molecular complexity index is 645. The van der Waals surface area contributed by atoms with Crippen molar-refractivity contribution in [2.75, 3.05) is 0 Å². The van der Waals surface area contributed by atoms with Crippen LogP contribution >= 0.6 is 0 Å². The van der Waals surface area contributed by atoms with Gasteiger partial charge in [-0.3, -0.25) is 0 Å². The van der Waals surface area contributed by atoms with Crippen molar-refractivity contribution >= 4 is 34.2 Å². The summed E-state index contributed by atoms with van der Waals surface area (Å²) in [5, 5.41) is 1.37. The minimum atomic E-state index is -2.05. The molecule has 3 radical (unpaired) electrons. The Morgan fingerprint density at radius 2 is 1.83 bits per heavy atom. The fourth-order valence-corrected chi connectivity index (χ4v) is 5.97. The number of pyridine rings is 1. The van der Waals surface area contributed by atoms with Gasteiger partial charge in [0.25, 0.3) is 0 Å². The number of aryl methyl sites for hydroxylation is 1. The van der Waals surface area contributed by atoms with Gasteiger partial charge in [-0.05, 0) is 0 Å². The molecule has 0 amide bonds. The Morgan fingerprint density at radius 1 is 1.17 bits per heavy atom. The molecule has 0 atom stereocenters. The van der Waals surface area contributed by atoms with E-state index in [1.54, 1.807) is 12.1 Å². The summed E-state index contributed by atoms with van der Waals surface area (Å²) in [6, 6.07) is 9.07. The summed E-state index contributed by atoms with van der Waals surface area (Å²) in [6.07, 6.45) is 1.98. The molecule has 0 bridgehead atoms. The van der Waals surface area contributed by atoms with Gasteiger partial charge in [0.05, 0.1) is 0 Å². The zero-order chi connectivity index (χ0) is 15.8. The van der Waals surface area contributed by atoms with Crippen LogP contribution in [-0.2, 0) is 0 Å². The molecule has 1 aromatic heterocycles. The average Bonchev–Trinajstić information content (AvgIpc) is 2.36. The first-order valence-electron chi connectivity index (χ1n) is 7.42. The van der Waals surface area contributed by atoms with Gasteiger partial charge in [-0.25, -0.2) is 0 Å². The Labute approximate surface area is 123 Å². The van der Waals surface area contributed by atoms with Crippen LogP contribution < -0.4 is 9.58 Å². The van der Waals surface area contributed by atoms with Gasteiger partial charge in [0.2, 0.25) is 0 Å². The molecule has 0 spiro atoms. The quantitative estimate of drug-likeness (QED) is 0.776. The second-order valence-corrected chi connectivity index (χ2v) is 11.6. The van der Waals surface area contributed by atoms with Crippen LogP contribution in [0.25, 0.3) is 11.3 Å². The molecular weight excluding hydrogens is 295 g/mol. The second-order valence-electron chi connectivity index (χ2n) is 5.44. The van der Waals surface area contributed by atoms with Gasteiger partial charge in [0, 0.05) is 0 Å².